The summed E-state index contributed by atoms with van der Waals surface area (Å²) >= 11 is 3.54. The zero-order valence-electron chi connectivity index (χ0n) is 22.5. The molecule has 6 atom stereocenters. The molecule has 0 saturated heterocycles. The first-order valence-electron chi connectivity index (χ1n) is 14.2. The van der Waals surface area contributed by atoms with Gasteiger partial charge in [0.1, 0.15) is 11.9 Å². The van der Waals surface area contributed by atoms with Crippen molar-refractivity contribution in [2.45, 2.75) is 123 Å². The number of hydrogen-bond acceptors (Lipinski definition) is 3. The molecular weight excluding hydrogens is 500 g/mol. The third-order valence-electron chi connectivity index (χ3n) is 10.7. The normalized spacial score (nSPS) is 35.7. The quantitative estimate of drug-likeness (QED) is 0.182. The van der Waals surface area contributed by atoms with E-state index in [1.807, 2.05) is 12.1 Å². The van der Waals surface area contributed by atoms with Crippen LogP contribution in [0.15, 0.2) is 18.2 Å². The topological polar surface area (TPSA) is 46.5 Å². The minimum Gasteiger partial charge on any atom is -0.508 e. The summed E-state index contributed by atoms with van der Waals surface area (Å²) < 4.78 is 5.96. The number of phenols is 1. The van der Waals surface area contributed by atoms with Gasteiger partial charge in [0.15, 0.2) is 0 Å². The number of unbranched alkanes of at least 4 members (excludes halogenated alkanes) is 6. The van der Waals surface area contributed by atoms with Gasteiger partial charge in [-0.15, -0.1) is 0 Å². The number of carbonyl (C=O) groups is 1. The van der Waals surface area contributed by atoms with Gasteiger partial charge in [0, 0.05) is 17.7 Å². The van der Waals surface area contributed by atoms with E-state index >= 15 is 0 Å². The Morgan fingerprint density at radius 3 is 2.37 bits per heavy atom. The molecule has 0 unspecified atom stereocenters. The number of aromatic hydroxyl groups is 1. The van der Waals surface area contributed by atoms with E-state index in [0.717, 1.165) is 37.4 Å². The fourth-order valence-electron chi connectivity index (χ4n) is 8.83. The number of halogens is 1. The number of phenolic OH excluding ortho intramolecular Hbond substituents is 1. The highest BCUT2D eigenvalue weighted by atomic mass is 79.9. The zero-order chi connectivity index (χ0) is 25.3. The Labute approximate surface area is 221 Å². The number of fused-ring (bicyclic) bond motifs is 5. The van der Waals surface area contributed by atoms with Crippen LogP contribution in [0.25, 0.3) is 0 Å². The van der Waals surface area contributed by atoms with Crippen LogP contribution in [0.2, 0.25) is 0 Å². The van der Waals surface area contributed by atoms with Crippen LogP contribution >= 0.6 is 15.9 Å². The number of benzene rings is 1. The Morgan fingerprint density at radius 1 is 1.00 bits per heavy atom. The molecule has 0 spiro atoms. The molecule has 3 aliphatic rings. The van der Waals surface area contributed by atoms with Gasteiger partial charge < -0.3 is 9.84 Å². The molecule has 4 rings (SSSR count). The minimum absolute atomic E-state index is 0.0327. The first-order valence-corrected chi connectivity index (χ1v) is 15.3. The lowest BCUT2D eigenvalue weighted by molar-refractivity contribution is -0.167. The second-order valence-corrected chi connectivity index (χ2v) is 13.4. The number of alkyl halides is 1. The van der Waals surface area contributed by atoms with Crippen LogP contribution in [0.3, 0.4) is 0 Å². The first kappa shape index (κ1) is 27.0. The van der Waals surface area contributed by atoms with Crippen molar-refractivity contribution >= 4 is 21.9 Å². The molecule has 196 valence electrons. The van der Waals surface area contributed by atoms with Crippen molar-refractivity contribution in [3.05, 3.63) is 29.3 Å². The maximum absolute atomic E-state index is 12.0. The highest BCUT2D eigenvalue weighted by molar-refractivity contribution is 9.09. The van der Waals surface area contributed by atoms with E-state index in [-0.39, 0.29) is 28.3 Å². The number of hydrogen-bond donors (Lipinski definition) is 1. The molecule has 0 amide bonds. The van der Waals surface area contributed by atoms with Gasteiger partial charge in [-0.3, -0.25) is 4.79 Å². The number of carbonyl (C=O) groups excluding carboxylic acids is 1. The van der Waals surface area contributed by atoms with E-state index in [1.54, 1.807) is 6.92 Å². The van der Waals surface area contributed by atoms with Crippen molar-refractivity contribution in [3.63, 3.8) is 0 Å². The largest absolute Gasteiger partial charge is 0.508 e. The maximum Gasteiger partial charge on any atom is 0.302 e. The van der Waals surface area contributed by atoms with Crippen LogP contribution in [0.4, 0.5) is 0 Å². The lowest BCUT2D eigenvalue weighted by Gasteiger charge is -2.64. The molecule has 0 heterocycles. The molecule has 2 fully saturated rings. The van der Waals surface area contributed by atoms with E-state index in [4.69, 9.17) is 4.74 Å². The number of esters is 1. The summed E-state index contributed by atoms with van der Waals surface area (Å²) in [7, 11) is 0. The van der Waals surface area contributed by atoms with Gasteiger partial charge in [0.25, 0.3) is 0 Å². The fraction of sp³-hybridized carbons (Fsp3) is 0.774. The van der Waals surface area contributed by atoms with E-state index in [2.05, 4.69) is 42.8 Å². The van der Waals surface area contributed by atoms with Crippen molar-refractivity contribution in [1.29, 1.82) is 0 Å². The SMILES string of the molecule is CC(=O)O[C@H]1CC[C@@]2(C)[C@@H]3[C@H](CCCCCCCCCBr)Cc4cc(O)ccc4[C@@]3(C)CC[C@]12C. The van der Waals surface area contributed by atoms with Gasteiger partial charge in [0.05, 0.1) is 0 Å². The number of ether oxygens (including phenoxy) is 1. The van der Waals surface area contributed by atoms with Crippen molar-refractivity contribution in [2.24, 2.45) is 22.7 Å². The van der Waals surface area contributed by atoms with Gasteiger partial charge in [-0.25, -0.2) is 0 Å². The average Bonchev–Trinajstić information content (AvgIpc) is 3.05. The average molecular weight is 548 g/mol. The predicted octanol–water partition coefficient (Wildman–Crippen LogP) is 8.49. The molecule has 0 aromatic heterocycles. The Bertz CT molecular complexity index is 899. The summed E-state index contributed by atoms with van der Waals surface area (Å²) in [5.74, 6) is 1.45. The highest BCUT2D eigenvalue weighted by Gasteiger charge is 2.67. The smallest absolute Gasteiger partial charge is 0.302 e. The predicted molar refractivity (Wildman–Crippen MR) is 147 cm³/mol. The zero-order valence-corrected chi connectivity index (χ0v) is 24.1. The standard InChI is InChI=1S/C31H47BrO3/c1-22(33)35-27-15-16-31(4)28-23(12-10-8-6-5-7-9-11-19-32)20-24-21-25(34)13-14-26(24)29(28,2)17-18-30(27,31)3/h13-14,21,23,27-28,34H,5-12,15-20H2,1-4H3/t23-,27+,28-,29-,30-,31+/m1/s1. The first-order chi connectivity index (χ1) is 16.7. The summed E-state index contributed by atoms with van der Waals surface area (Å²) in [5.41, 5.74) is 3.12. The van der Waals surface area contributed by atoms with Gasteiger partial charge in [0.2, 0.25) is 0 Å². The van der Waals surface area contributed by atoms with Crippen molar-refractivity contribution in [3.8, 4) is 5.75 Å². The fourth-order valence-corrected chi connectivity index (χ4v) is 9.23. The molecule has 0 aliphatic heterocycles. The lowest BCUT2D eigenvalue weighted by Crippen LogP contribution is -2.60. The van der Waals surface area contributed by atoms with Crippen LogP contribution in [0.1, 0.15) is 116 Å². The van der Waals surface area contributed by atoms with Crippen molar-refractivity contribution in [2.75, 3.05) is 5.33 Å². The second kappa shape index (κ2) is 10.8. The molecule has 0 bridgehead atoms. The Kier molecular flexibility index (Phi) is 8.30. The molecule has 3 nitrogen and oxygen atoms in total. The van der Waals surface area contributed by atoms with E-state index in [1.165, 1.54) is 62.5 Å². The molecule has 1 aromatic carbocycles. The second-order valence-electron chi connectivity index (χ2n) is 12.6. The van der Waals surface area contributed by atoms with E-state index in [0.29, 0.717) is 17.6 Å². The maximum atomic E-state index is 12.0. The van der Waals surface area contributed by atoms with Crippen LogP contribution in [-0.4, -0.2) is 22.5 Å². The molecule has 1 aromatic rings. The molecule has 4 heteroatoms. The van der Waals surface area contributed by atoms with E-state index in [9.17, 15) is 9.90 Å². The highest BCUT2D eigenvalue weighted by Crippen LogP contribution is 2.71. The summed E-state index contributed by atoms with van der Waals surface area (Å²) in [6.07, 6.45) is 16.0. The Hall–Kier alpha value is -1.03. The van der Waals surface area contributed by atoms with Gasteiger partial charge in [-0.1, -0.05) is 81.3 Å². The summed E-state index contributed by atoms with van der Waals surface area (Å²) in [4.78, 5) is 12.0. The molecule has 0 radical (unpaired) electrons. The van der Waals surface area contributed by atoms with Gasteiger partial charge in [-0.2, -0.15) is 0 Å². The summed E-state index contributed by atoms with van der Waals surface area (Å²) in [5, 5.41) is 11.4. The lowest BCUT2D eigenvalue weighted by atomic mass is 9.40. The molecular formula is C31H47BrO3. The molecule has 35 heavy (non-hydrogen) atoms. The molecule has 3 aliphatic carbocycles. The van der Waals surface area contributed by atoms with Crippen LogP contribution in [0.5, 0.6) is 5.75 Å². The van der Waals surface area contributed by atoms with Crippen molar-refractivity contribution < 1.29 is 14.6 Å². The monoisotopic (exact) mass is 546 g/mol. The summed E-state index contributed by atoms with van der Waals surface area (Å²) in [6, 6.07) is 6.15. The van der Waals surface area contributed by atoms with Crippen LogP contribution in [0, 0.1) is 22.7 Å². The van der Waals surface area contributed by atoms with Crippen molar-refractivity contribution in [1.82, 2.24) is 0 Å². The third-order valence-corrected chi connectivity index (χ3v) is 11.2. The molecule has 2 saturated carbocycles. The van der Waals surface area contributed by atoms with Gasteiger partial charge in [-0.05, 0) is 90.9 Å². The number of rotatable bonds is 10. The van der Waals surface area contributed by atoms with Crippen LogP contribution in [-0.2, 0) is 21.4 Å². The van der Waals surface area contributed by atoms with Gasteiger partial charge >= 0.3 is 5.97 Å². The summed E-state index contributed by atoms with van der Waals surface area (Å²) in [6.45, 7) is 9.02. The Balaban J connectivity index is 1.57. The minimum atomic E-state index is -0.133. The van der Waals surface area contributed by atoms with E-state index < -0.39 is 0 Å². The third kappa shape index (κ3) is 4.94. The van der Waals surface area contributed by atoms with Crippen LogP contribution < -0.4 is 0 Å². The Morgan fingerprint density at radius 2 is 1.69 bits per heavy atom. The molecule has 1 N–H and O–H groups in total.